The number of carbonyl (C=O) groups excluding carboxylic acids is 1. The zero-order valence-electron chi connectivity index (χ0n) is 9.04. The highest BCUT2D eigenvalue weighted by atomic mass is 79.9. The van der Waals surface area contributed by atoms with Gasteiger partial charge in [0.1, 0.15) is 0 Å². The molecule has 1 saturated heterocycles. The summed E-state index contributed by atoms with van der Waals surface area (Å²) in [6.07, 6.45) is 1.04. The Morgan fingerprint density at radius 3 is 2.88 bits per heavy atom. The fraction of sp³-hybridized carbons (Fsp3) is 0.417. The van der Waals surface area contributed by atoms with E-state index in [0.29, 0.717) is 4.83 Å². The van der Waals surface area contributed by atoms with Crippen molar-refractivity contribution < 1.29 is 4.79 Å². The summed E-state index contributed by atoms with van der Waals surface area (Å²) in [5.41, 5.74) is 1.88. The van der Waals surface area contributed by atoms with Gasteiger partial charge in [0.15, 0.2) is 0 Å². The Kier molecular flexibility index (Phi) is 3.70. The van der Waals surface area contributed by atoms with Crippen molar-refractivity contribution in [2.45, 2.75) is 18.2 Å². The predicted molar refractivity (Wildman–Crippen MR) is 72.1 cm³/mol. The minimum atomic E-state index is 0.123. The van der Waals surface area contributed by atoms with Crippen LogP contribution in [0.2, 0.25) is 0 Å². The van der Waals surface area contributed by atoms with Crippen molar-refractivity contribution in [1.29, 1.82) is 0 Å². The van der Waals surface area contributed by atoms with E-state index in [9.17, 15) is 4.79 Å². The van der Waals surface area contributed by atoms with E-state index in [1.807, 2.05) is 30.0 Å². The first-order valence-corrected chi connectivity index (χ1v) is 6.98. The molecule has 2 nitrogen and oxygen atoms in total. The third-order valence-corrected chi connectivity index (χ3v) is 4.21. The highest BCUT2D eigenvalue weighted by molar-refractivity contribution is 9.10. The molecule has 1 aromatic rings. The van der Waals surface area contributed by atoms with Gasteiger partial charge in [-0.15, -0.1) is 0 Å². The second-order valence-electron chi connectivity index (χ2n) is 4.12. The van der Waals surface area contributed by atoms with Gasteiger partial charge < -0.3 is 4.90 Å². The summed E-state index contributed by atoms with van der Waals surface area (Å²) in [4.78, 5) is 14.6. The lowest BCUT2D eigenvalue weighted by Gasteiger charge is -2.16. The molecular weight excluding hydrogens is 334 g/mol. The number of aryl methyl sites for hydroxylation is 1. The van der Waals surface area contributed by atoms with E-state index in [1.165, 1.54) is 0 Å². The molecule has 1 aliphatic rings. The maximum Gasteiger partial charge on any atom is 0.255 e. The van der Waals surface area contributed by atoms with Crippen LogP contribution in [-0.4, -0.2) is 28.7 Å². The van der Waals surface area contributed by atoms with Gasteiger partial charge in [-0.05, 0) is 41.4 Å². The van der Waals surface area contributed by atoms with Gasteiger partial charge in [-0.2, -0.15) is 0 Å². The molecule has 1 aromatic carbocycles. The first-order valence-electron chi connectivity index (χ1n) is 5.27. The smallest absolute Gasteiger partial charge is 0.255 e. The van der Waals surface area contributed by atoms with E-state index in [-0.39, 0.29) is 5.91 Å². The molecule has 0 bridgehead atoms. The highest BCUT2D eigenvalue weighted by Crippen LogP contribution is 2.23. The van der Waals surface area contributed by atoms with Gasteiger partial charge in [0.25, 0.3) is 5.91 Å². The topological polar surface area (TPSA) is 20.3 Å². The van der Waals surface area contributed by atoms with Gasteiger partial charge >= 0.3 is 0 Å². The molecule has 4 heteroatoms. The van der Waals surface area contributed by atoms with E-state index in [2.05, 4.69) is 31.9 Å². The Morgan fingerprint density at radius 1 is 1.50 bits per heavy atom. The molecule has 0 radical (unpaired) electrons. The summed E-state index contributed by atoms with van der Waals surface area (Å²) >= 11 is 6.98. The van der Waals surface area contributed by atoms with E-state index in [4.69, 9.17) is 0 Å². The quantitative estimate of drug-likeness (QED) is 0.714. The third-order valence-electron chi connectivity index (χ3n) is 2.77. The normalized spacial score (nSPS) is 20.2. The lowest BCUT2D eigenvalue weighted by atomic mass is 10.1. The highest BCUT2D eigenvalue weighted by Gasteiger charge is 2.26. The molecule has 0 aromatic heterocycles. The van der Waals surface area contributed by atoms with Crippen LogP contribution >= 0.6 is 31.9 Å². The number of hydrogen-bond donors (Lipinski definition) is 0. The molecule has 1 aliphatic heterocycles. The first kappa shape index (κ1) is 12.1. The molecule has 16 heavy (non-hydrogen) atoms. The van der Waals surface area contributed by atoms with Gasteiger partial charge in [-0.25, -0.2) is 0 Å². The minimum Gasteiger partial charge on any atom is -0.337 e. The SMILES string of the molecule is Cc1ccc(Br)c(C(=O)N2CCC(Br)C2)c1. The van der Waals surface area contributed by atoms with Crippen LogP contribution < -0.4 is 0 Å². The molecule has 0 saturated carbocycles. The van der Waals surface area contributed by atoms with Crippen LogP contribution in [0.25, 0.3) is 0 Å². The van der Waals surface area contributed by atoms with Crippen molar-refractivity contribution in [3.8, 4) is 0 Å². The molecule has 1 unspecified atom stereocenters. The molecule has 1 heterocycles. The first-order chi connectivity index (χ1) is 7.58. The van der Waals surface area contributed by atoms with Crippen LogP contribution in [0.1, 0.15) is 22.3 Å². The van der Waals surface area contributed by atoms with Crippen LogP contribution in [0.5, 0.6) is 0 Å². The van der Waals surface area contributed by atoms with Gasteiger partial charge in [0.05, 0.1) is 5.56 Å². The summed E-state index contributed by atoms with van der Waals surface area (Å²) < 4.78 is 0.876. The average Bonchev–Trinajstić information content (AvgIpc) is 2.67. The van der Waals surface area contributed by atoms with E-state index >= 15 is 0 Å². The maximum atomic E-state index is 12.2. The lowest BCUT2D eigenvalue weighted by molar-refractivity contribution is 0.0792. The van der Waals surface area contributed by atoms with Crippen molar-refractivity contribution in [2.75, 3.05) is 13.1 Å². The Morgan fingerprint density at radius 2 is 2.25 bits per heavy atom. The Hall–Kier alpha value is -0.350. The number of alkyl halides is 1. The average molecular weight is 347 g/mol. The number of hydrogen-bond acceptors (Lipinski definition) is 1. The number of likely N-dealkylation sites (tertiary alicyclic amines) is 1. The van der Waals surface area contributed by atoms with Crippen LogP contribution in [0.4, 0.5) is 0 Å². The number of rotatable bonds is 1. The fourth-order valence-corrected chi connectivity index (χ4v) is 2.85. The van der Waals surface area contributed by atoms with Crippen LogP contribution in [0.3, 0.4) is 0 Å². The number of halogens is 2. The molecule has 1 atom stereocenters. The summed E-state index contributed by atoms with van der Waals surface area (Å²) in [5.74, 6) is 0.123. The van der Waals surface area contributed by atoms with Gasteiger partial charge in [0.2, 0.25) is 0 Å². The predicted octanol–water partition coefficient (Wildman–Crippen LogP) is 3.37. The molecular formula is C12H13Br2NO. The zero-order valence-corrected chi connectivity index (χ0v) is 12.2. The summed E-state index contributed by atoms with van der Waals surface area (Å²) in [5, 5.41) is 0. The lowest BCUT2D eigenvalue weighted by Crippen LogP contribution is -2.29. The van der Waals surface area contributed by atoms with Crippen molar-refractivity contribution in [2.24, 2.45) is 0 Å². The van der Waals surface area contributed by atoms with Crippen molar-refractivity contribution in [3.05, 3.63) is 33.8 Å². The summed E-state index contributed by atoms with van der Waals surface area (Å²) in [6.45, 7) is 3.65. The number of benzene rings is 1. The Bertz CT molecular complexity index is 419. The monoisotopic (exact) mass is 345 g/mol. The molecule has 0 N–H and O–H groups in total. The Balaban J connectivity index is 2.23. The number of amides is 1. The molecule has 0 spiro atoms. The fourth-order valence-electron chi connectivity index (χ4n) is 1.88. The van der Waals surface area contributed by atoms with Crippen LogP contribution in [-0.2, 0) is 0 Å². The van der Waals surface area contributed by atoms with E-state index in [1.54, 1.807) is 0 Å². The molecule has 86 valence electrons. The largest absolute Gasteiger partial charge is 0.337 e. The Labute approximate surface area is 112 Å². The minimum absolute atomic E-state index is 0.123. The number of nitrogens with zero attached hydrogens (tertiary/aromatic N) is 1. The maximum absolute atomic E-state index is 12.2. The zero-order chi connectivity index (χ0) is 11.7. The molecule has 0 aliphatic carbocycles. The summed E-state index contributed by atoms with van der Waals surface area (Å²) in [7, 11) is 0. The van der Waals surface area contributed by atoms with Crippen molar-refractivity contribution in [1.82, 2.24) is 4.90 Å². The van der Waals surface area contributed by atoms with Gasteiger partial charge in [-0.3, -0.25) is 4.79 Å². The third kappa shape index (κ3) is 2.48. The van der Waals surface area contributed by atoms with Crippen molar-refractivity contribution in [3.63, 3.8) is 0 Å². The van der Waals surface area contributed by atoms with Gasteiger partial charge in [0, 0.05) is 22.4 Å². The van der Waals surface area contributed by atoms with Crippen LogP contribution in [0.15, 0.2) is 22.7 Å². The second kappa shape index (κ2) is 4.88. The molecule has 1 amide bonds. The van der Waals surface area contributed by atoms with Gasteiger partial charge in [-0.1, -0.05) is 27.6 Å². The molecule has 1 fully saturated rings. The number of carbonyl (C=O) groups is 1. The van der Waals surface area contributed by atoms with E-state index in [0.717, 1.165) is 35.1 Å². The van der Waals surface area contributed by atoms with Crippen molar-refractivity contribution >= 4 is 37.8 Å². The second-order valence-corrected chi connectivity index (χ2v) is 6.27. The van der Waals surface area contributed by atoms with Crippen LogP contribution in [0, 0.1) is 6.92 Å². The summed E-state index contributed by atoms with van der Waals surface area (Å²) in [6, 6.07) is 5.87. The standard InChI is InChI=1S/C12H13Br2NO/c1-8-2-3-11(14)10(6-8)12(16)15-5-4-9(13)7-15/h2-3,6,9H,4-5,7H2,1H3. The molecule has 2 rings (SSSR count). The van der Waals surface area contributed by atoms with E-state index < -0.39 is 0 Å².